The van der Waals surface area contributed by atoms with Gasteiger partial charge in [0.15, 0.2) is 0 Å². The van der Waals surface area contributed by atoms with Gasteiger partial charge in [-0.1, -0.05) is 0 Å². The molecule has 5 heterocycles. The molecule has 5 fully saturated rings. The molecule has 0 N–H and O–H groups in total. The smallest absolute Gasteiger partial charge is 0.236 e. The van der Waals surface area contributed by atoms with Crippen molar-refractivity contribution in [3.63, 3.8) is 0 Å². The molecule has 12 nitrogen and oxygen atoms in total. The molecular weight excluding hydrogens is 560 g/mol. The minimum Gasteiger partial charge on any atom is -0.342 e. The first-order valence-corrected chi connectivity index (χ1v) is 17.4. The Labute approximate surface area is 264 Å². The van der Waals surface area contributed by atoms with E-state index in [-0.39, 0.29) is 23.6 Å². The van der Waals surface area contributed by atoms with Gasteiger partial charge < -0.3 is 19.6 Å². The number of amides is 4. The number of nitrogens with zero attached hydrogens (tertiary/aromatic N) is 8. The van der Waals surface area contributed by atoms with Gasteiger partial charge in [0.05, 0.1) is 26.2 Å². The second kappa shape index (κ2) is 16.9. The summed E-state index contributed by atoms with van der Waals surface area (Å²) in [6.07, 6.45) is 8.57. The second-order valence-corrected chi connectivity index (χ2v) is 13.5. The molecule has 248 valence electrons. The summed E-state index contributed by atoms with van der Waals surface area (Å²) in [7, 11) is 0. The zero-order chi connectivity index (χ0) is 30.7. The largest absolute Gasteiger partial charge is 0.342 e. The van der Waals surface area contributed by atoms with Crippen LogP contribution >= 0.6 is 0 Å². The highest BCUT2D eigenvalue weighted by atomic mass is 16.2. The van der Waals surface area contributed by atoms with Crippen LogP contribution in [0.2, 0.25) is 0 Å². The number of rotatable bonds is 8. The maximum atomic E-state index is 13.2. The molecule has 0 aromatic carbocycles. The molecule has 5 aliphatic heterocycles. The van der Waals surface area contributed by atoms with E-state index in [4.69, 9.17) is 0 Å². The van der Waals surface area contributed by atoms with Gasteiger partial charge >= 0.3 is 0 Å². The topological polar surface area (TPSA) is 94.2 Å². The van der Waals surface area contributed by atoms with Gasteiger partial charge in [-0.3, -0.25) is 38.8 Å². The van der Waals surface area contributed by atoms with Crippen molar-refractivity contribution in [1.29, 1.82) is 0 Å². The Bertz CT molecular complexity index is 790. The average Bonchev–Trinajstić information content (AvgIpc) is 3.85. The van der Waals surface area contributed by atoms with Crippen molar-refractivity contribution < 1.29 is 19.2 Å². The normalized spacial score (nSPS) is 24.2. The van der Waals surface area contributed by atoms with Crippen LogP contribution in [0, 0.1) is 0 Å². The number of likely N-dealkylation sites (tertiary alicyclic amines) is 4. The van der Waals surface area contributed by atoms with E-state index in [9.17, 15) is 19.2 Å². The van der Waals surface area contributed by atoms with Crippen LogP contribution < -0.4 is 0 Å². The van der Waals surface area contributed by atoms with Crippen LogP contribution in [0.3, 0.4) is 0 Å². The lowest BCUT2D eigenvalue weighted by Gasteiger charge is -2.35. The molecule has 12 heteroatoms. The third-order valence-electron chi connectivity index (χ3n) is 10.2. The number of carbonyl (C=O) groups is 4. The van der Waals surface area contributed by atoms with Crippen LogP contribution in [0.4, 0.5) is 0 Å². The van der Waals surface area contributed by atoms with Crippen LogP contribution in [-0.4, -0.2) is 194 Å². The van der Waals surface area contributed by atoms with Crippen molar-refractivity contribution >= 4 is 23.6 Å². The molecule has 0 radical (unpaired) electrons. The van der Waals surface area contributed by atoms with Crippen molar-refractivity contribution in [2.45, 2.75) is 51.4 Å². The van der Waals surface area contributed by atoms with Crippen LogP contribution in [0.15, 0.2) is 0 Å². The zero-order valence-electron chi connectivity index (χ0n) is 27.0. The number of hydrogen-bond donors (Lipinski definition) is 0. The lowest BCUT2D eigenvalue weighted by atomic mass is 10.3. The molecule has 0 saturated carbocycles. The second-order valence-electron chi connectivity index (χ2n) is 13.5. The standard InChI is InChI=1S/C32H56N8O4/c41-29(37-9-1-2-10-37)25-33-17-19-34(26-30(42)38-11-3-4-12-38)21-23-36(28-32(44)40-15-7-8-16-40)24-22-35(20-18-33)27-31(43)39-13-5-6-14-39/h1-28H2. The SMILES string of the molecule is O=C(CN1CCN(CC(=O)N2CCCC2)CCN(CC(=O)N2CCCC2)CCN(CC(=O)N2CCCC2)CC1)N1CCCC1. The summed E-state index contributed by atoms with van der Waals surface area (Å²) in [5.41, 5.74) is 0. The number of hydrogen-bond acceptors (Lipinski definition) is 8. The zero-order valence-corrected chi connectivity index (χ0v) is 27.0. The number of carbonyl (C=O) groups excluding carboxylic acids is 4. The summed E-state index contributed by atoms with van der Waals surface area (Å²) >= 11 is 0. The Kier molecular flexibility index (Phi) is 12.7. The molecule has 0 unspecified atom stereocenters. The molecule has 0 aromatic heterocycles. The minimum absolute atomic E-state index is 0.181. The fourth-order valence-electron chi connectivity index (χ4n) is 7.24. The first-order chi connectivity index (χ1) is 21.4. The Hall–Kier alpha value is -2.28. The van der Waals surface area contributed by atoms with Crippen molar-refractivity contribution in [3.05, 3.63) is 0 Å². The summed E-state index contributed by atoms with van der Waals surface area (Å²) in [6.45, 7) is 13.7. The lowest BCUT2D eigenvalue weighted by molar-refractivity contribution is -0.134. The quantitative estimate of drug-likeness (QED) is 0.367. The summed E-state index contributed by atoms with van der Waals surface area (Å²) < 4.78 is 0. The first-order valence-electron chi connectivity index (χ1n) is 17.4. The van der Waals surface area contributed by atoms with Gasteiger partial charge in [-0.15, -0.1) is 0 Å². The molecule has 0 aromatic rings. The third kappa shape index (κ3) is 9.86. The molecule has 5 saturated heterocycles. The maximum Gasteiger partial charge on any atom is 0.236 e. The van der Waals surface area contributed by atoms with E-state index in [2.05, 4.69) is 19.6 Å². The van der Waals surface area contributed by atoms with E-state index in [1.807, 2.05) is 19.6 Å². The molecular formula is C32H56N8O4. The molecule has 44 heavy (non-hydrogen) atoms. The first kappa shape index (κ1) is 33.1. The van der Waals surface area contributed by atoms with Crippen molar-refractivity contribution in [3.8, 4) is 0 Å². The van der Waals surface area contributed by atoms with Crippen LogP contribution in [0.25, 0.3) is 0 Å². The van der Waals surface area contributed by atoms with Crippen LogP contribution in [-0.2, 0) is 19.2 Å². The summed E-state index contributed by atoms with van der Waals surface area (Å²) in [6, 6.07) is 0. The highest BCUT2D eigenvalue weighted by Gasteiger charge is 2.27. The summed E-state index contributed by atoms with van der Waals surface area (Å²) in [5, 5.41) is 0. The predicted molar refractivity (Wildman–Crippen MR) is 169 cm³/mol. The van der Waals surface area contributed by atoms with E-state index in [1.54, 1.807) is 0 Å². The van der Waals surface area contributed by atoms with Gasteiger partial charge in [-0.25, -0.2) is 0 Å². The third-order valence-corrected chi connectivity index (χ3v) is 10.2. The van der Waals surface area contributed by atoms with Gasteiger partial charge in [0.1, 0.15) is 0 Å². The van der Waals surface area contributed by atoms with E-state index in [0.717, 1.165) is 104 Å². The highest BCUT2D eigenvalue weighted by molar-refractivity contribution is 5.80. The summed E-state index contributed by atoms with van der Waals surface area (Å²) in [5.74, 6) is 0.724. The van der Waals surface area contributed by atoms with E-state index in [1.165, 1.54) is 0 Å². The summed E-state index contributed by atoms with van der Waals surface area (Å²) in [4.78, 5) is 69.7. The Balaban J connectivity index is 1.28. The fraction of sp³-hybridized carbons (Fsp3) is 0.875. The Morgan fingerprint density at radius 3 is 0.591 bits per heavy atom. The molecule has 0 atom stereocenters. The molecule has 5 aliphatic rings. The van der Waals surface area contributed by atoms with E-state index >= 15 is 0 Å². The fourth-order valence-corrected chi connectivity index (χ4v) is 7.24. The lowest BCUT2D eigenvalue weighted by Crippen LogP contribution is -2.52. The van der Waals surface area contributed by atoms with Gasteiger partial charge in [0.2, 0.25) is 23.6 Å². The van der Waals surface area contributed by atoms with E-state index < -0.39 is 0 Å². The van der Waals surface area contributed by atoms with Gasteiger partial charge in [-0.2, -0.15) is 0 Å². The Morgan fingerprint density at radius 2 is 0.432 bits per heavy atom. The molecule has 0 spiro atoms. The van der Waals surface area contributed by atoms with Crippen molar-refractivity contribution in [2.24, 2.45) is 0 Å². The molecule has 0 bridgehead atoms. The van der Waals surface area contributed by atoms with Gasteiger partial charge in [0.25, 0.3) is 0 Å². The monoisotopic (exact) mass is 616 g/mol. The van der Waals surface area contributed by atoms with Crippen molar-refractivity contribution in [1.82, 2.24) is 39.2 Å². The molecule has 0 aliphatic carbocycles. The van der Waals surface area contributed by atoms with Gasteiger partial charge in [-0.05, 0) is 51.4 Å². The predicted octanol–water partition coefficient (Wildman–Crippen LogP) is -0.302. The average molecular weight is 617 g/mol. The van der Waals surface area contributed by atoms with Crippen LogP contribution in [0.1, 0.15) is 51.4 Å². The molecule has 5 rings (SSSR count). The maximum absolute atomic E-state index is 13.2. The van der Waals surface area contributed by atoms with Crippen LogP contribution in [0.5, 0.6) is 0 Å². The highest BCUT2D eigenvalue weighted by Crippen LogP contribution is 2.13. The Morgan fingerprint density at radius 1 is 0.273 bits per heavy atom. The minimum atomic E-state index is 0.181. The molecule has 4 amide bonds. The van der Waals surface area contributed by atoms with E-state index in [0.29, 0.717) is 78.5 Å². The van der Waals surface area contributed by atoms with Gasteiger partial charge in [0, 0.05) is 105 Å². The van der Waals surface area contributed by atoms with Crippen molar-refractivity contribution in [2.75, 3.05) is 131 Å².